The average Bonchev–Trinajstić information content (AvgIpc) is 3.07. The molecular formula is C17H23NOS. The second kappa shape index (κ2) is 5.18. The molecular weight excluding hydrogens is 266 g/mol. The number of likely N-dealkylation sites (tertiary alicyclic amines) is 1. The Kier molecular flexibility index (Phi) is 3.33. The van der Waals surface area contributed by atoms with Crippen LogP contribution in [0.5, 0.6) is 0 Å². The van der Waals surface area contributed by atoms with Gasteiger partial charge in [0.25, 0.3) is 5.91 Å². The number of carbonyl (C=O) groups is 1. The number of hydrogen-bond acceptors (Lipinski definition) is 2. The molecule has 1 saturated heterocycles. The van der Waals surface area contributed by atoms with E-state index >= 15 is 0 Å². The van der Waals surface area contributed by atoms with Gasteiger partial charge in [0.15, 0.2) is 0 Å². The molecule has 1 aliphatic heterocycles. The van der Waals surface area contributed by atoms with E-state index in [2.05, 4.69) is 11.0 Å². The van der Waals surface area contributed by atoms with E-state index < -0.39 is 0 Å². The highest BCUT2D eigenvalue weighted by Gasteiger charge is 2.33. The molecule has 1 aromatic heterocycles. The monoisotopic (exact) mass is 289 g/mol. The molecule has 20 heavy (non-hydrogen) atoms. The topological polar surface area (TPSA) is 20.3 Å². The number of nitrogens with zero attached hydrogens (tertiary/aromatic N) is 1. The molecule has 3 aliphatic rings. The lowest BCUT2D eigenvalue weighted by atomic mass is 9.75. The second-order valence-electron chi connectivity index (χ2n) is 6.76. The number of aryl methyl sites for hydroxylation is 2. The van der Waals surface area contributed by atoms with Crippen molar-refractivity contribution in [3.63, 3.8) is 0 Å². The first-order chi connectivity index (χ1) is 9.81. The quantitative estimate of drug-likeness (QED) is 0.768. The van der Waals surface area contributed by atoms with E-state index in [1.165, 1.54) is 61.8 Å². The molecule has 108 valence electrons. The van der Waals surface area contributed by atoms with Crippen molar-refractivity contribution in [2.75, 3.05) is 13.1 Å². The van der Waals surface area contributed by atoms with Crippen molar-refractivity contribution in [1.82, 2.24) is 4.90 Å². The van der Waals surface area contributed by atoms with Gasteiger partial charge in [-0.1, -0.05) is 19.3 Å². The summed E-state index contributed by atoms with van der Waals surface area (Å²) in [4.78, 5) is 17.3. The average molecular weight is 289 g/mol. The van der Waals surface area contributed by atoms with Gasteiger partial charge in [0, 0.05) is 18.0 Å². The summed E-state index contributed by atoms with van der Waals surface area (Å²) in [5.41, 5.74) is 1.45. The Labute approximate surface area is 125 Å². The van der Waals surface area contributed by atoms with Crippen molar-refractivity contribution in [2.24, 2.45) is 11.8 Å². The zero-order valence-electron chi connectivity index (χ0n) is 12.1. The normalized spacial score (nSPS) is 29.1. The van der Waals surface area contributed by atoms with E-state index in [9.17, 15) is 4.79 Å². The van der Waals surface area contributed by atoms with Gasteiger partial charge in [0.05, 0.1) is 4.88 Å². The minimum Gasteiger partial charge on any atom is -0.338 e. The minimum atomic E-state index is 0.313. The van der Waals surface area contributed by atoms with Gasteiger partial charge in [-0.2, -0.15) is 0 Å². The van der Waals surface area contributed by atoms with Crippen molar-refractivity contribution < 1.29 is 4.79 Å². The fourth-order valence-electron chi connectivity index (χ4n) is 4.38. The summed E-state index contributed by atoms with van der Waals surface area (Å²) in [6, 6.07) is 2.18. The van der Waals surface area contributed by atoms with Crippen molar-refractivity contribution in [2.45, 2.75) is 51.4 Å². The van der Waals surface area contributed by atoms with Crippen molar-refractivity contribution in [3.8, 4) is 0 Å². The van der Waals surface area contributed by atoms with Gasteiger partial charge in [-0.25, -0.2) is 0 Å². The third-order valence-corrected chi connectivity index (χ3v) is 6.76. The predicted octanol–water partition coefficient (Wildman–Crippen LogP) is 3.89. The Hall–Kier alpha value is -0.830. The summed E-state index contributed by atoms with van der Waals surface area (Å²) < 4.78 is 0. The van der Waals surface area contributed by atoms with Crippen LogP contribution in [0.1, 0.15) is 58.6 Å². The van der Waals surface area contributed by atoms with Gasteiger partial charge in [0.2, 0.25) is 0 Å². The fourth-order valence-corrected chi connectivity index (χ4v) is 5.60. The molecule has 0 N–H and O–H groups in total. The van der Waals surface area contributed by atoms with Gasteiger partial charge in [-0.3, -0.25) is 4.79 Å². The van der Waals surface area contributed by atoms with E-state index in [1.54, 1.807) is 11.3 Å². The number of thiophene rings is 1. The fraction of sp³-hybridized carbons (Fsp3) is 0.706. The first-order valence-corrected chi connectivity index (χ1v) is 9.04. The molecule has 2 nitrogen and oxygen atoms in total. The lowest BCUT2D eigenvalue weighted by Gasteiger charge is -2.41. The molecule has 0 unspecified atom stereocenters. The molecule has 2 atom stereocenters. The van der Waals surface area contributed by atoms with Gasteiger partial charge in [0.1, 0.15) is 0 Å². The Bertz CT molecular complexity index is 500. The smallest absolute Gasteiger partial charge is 0.263 e. The van der Waals surface area contributed by atoms with Crippen LogP contribution in [0.3, 0.4) is 0 Å². The van der Waals surface area contributed by atoms with E-state index in [0.29, 0.717) is 5.91 Å². The number of rotatable bonds is 1. The summed E-state index contributed by atoms with van der Waals surface area (Å²) in [5.74, 6) is 2.00. The number of carbonyl (C=O) groups excluding carboxylic acids is 1. The Morgan fingerprint density at radius 1 is 1.10 bits per heavy atom. The molecule has 0 bridgehead atoms. The molecule has 1 aromatic rings. The molecule has 0 spiro atoms. The van der Waals surface area contributed by atoms with Crippen LogP contribution < -0.4 is 0 Å². The minimum absolute atomic E-state index is 0.313. The molecule has 2 fully saturated rings. The first-order valence-electron chi connectivity index (χ1n) is 8.22. The van der Waals surface area contributed by atoms with Crippen molar-refractivity contribution >= 4 is 17.2 Å². The van der Waals surface area contributed by atoms with Gasteiger partial charge < -0.3 is 4.90 Å². The van der Waals surface area contributed by atoms with Crippen LogP contribution in [-0.2, 0) is 12.8 Å². The molecule has 2 heterocycles. The maximum atomic E-state index is 12.7. The van der Waals surface area contributed by atoms with Crippen LogP contribution in [0.2, 0.25) is 0 Å². The Morgan fingerprint density at radius 2 is 1.95 bits per heavy atom. The third kappa shape index (κ3) is 2.20. The lowest BCUT2D eigenvalue weighted by molar-refractivity contribution is 0.0525. The van der Waals surface area contributed by atoms with Gasteiger partial charge >= 0.3 is 0 Å². The van der Waals surface area contributed by atoms with E-state index in [4.69, 9.17) is 0 Å². The van der Waals surface area contributed by atoms with Gasteiger partial charge in [-0.15, -0.1) is 11.3 Å². The van der Waals surface area contributed by atoms with E-state index in [-0.39, 0.29) is 0 Å². The number of hydrogen-bond donors (Lipinski definition) is 0. The standard InChI is InChI=1S/C17H23NOS/c19-17(16-10-13-6-3-7-15(13)20-16)18-9-8-12-4-1-2-5-14(12)11-18/h10,12,14H,1-9,11H2/t12-,14+/m1/s1. The Morgan fingerprint density at radius 3 is 2.80 bits per heavy atom. The molecule has 2 aliphatic carbocycles. The summed E-state index contributed by atoms with van der Waals surface area (Å²) in [5, 5.41) is 0. The zero-order chi connectivity index (χ0) is 13.5. The number of amides is 1. The first kappa shape index (κ1) is 12.9. The van der Waals surface area contributed by atoms with Crippen LogP contribution in [0.25, 0.3) is 0 Å². The summed E-state index contributed by atoms with van der Waals surface area (Å²) in [6.07, 6.45) is 10.4. The van der Waals surface area contributed by atoms with Crippen LogP contribution >= 0.6 is 11.3 Å². The molecule has 1 amide bonds. The highest BCUT2D eigenvalue weighted by Crippen LogP contribution is 2.37. The molecule has 4 rings (SSSR count). The van der Waals surface area contributed by atoms with Crippen LogP contribution in [0.15, 0.2) is 6.07 Å². The third-order valence-electron chi connectivity index (χ3n) is 5.54. The van der Waals surface area contributed by atoms with Gasteiger partial charge in [-0.05, 0) is 55.6 Å². The zero-order valence-corrected chi connectivity index (χ0v) is 12.9. The highest BCUT2D eigenvalue weighted by atomic mass is 32.1. The summed E-state index contributed by atoms with van der Waals surface area (Å²) >= 11 is 1.76. The largest absolute Gasteiger partial charge is 0.338 e. The Balaban J connectivity index is 1.48. The van der Waals surface area contributed by atoms with E-state index in [1.807, 2.05) is 0 Å². The van der Waals surface area contributed by atoms with Crippen LogP contribution in [0.4, 0.5) is 0 Å². The highest BCUT2D eigenvalue weighted by molar-refractivity contribution is 7.14. The van der Waals surface area contributed by atoms with Crippen LogP contribution in [-0.4, -0.2) is 23.9 Å². The maximum absolute atomic E-state index is 12.7. The molecule has 0 aromatic carbocycles. The predicted molar refractivity (Wildman–Crippen MR) is 82.3 cm³/mol. The number of fused-ring (bicyclic) bond motifs is 2. The summed E-state index contributed by atoms with van der Waals surface area (Å²) in [6.45, 7) is 2.01. The van der Waals surface area contributed by atoms with Crippen molar-refractivity contribution in [1.29, 1.82) is 0 Å². The molecule has 3 heteroatoms. The van der Waals surface area contributed by atoms with Crippen LogP contribution in [0, 0.1) is 11.8 Å². The van der Waals surface area contributed by atoms with E-state index in [0.717, 1.165) is 29.8 Å². The van der Waals surface area contributed by atoms with Crippen molar-refractivity contribution in [3.05, 3.63) is 21.4 Å². The second-order valence-corrected chi connectivity index (χ2v) is 7.89. The maximum Gasteiger partial charge on any atom is 0.263 e. The number of piperidine rings is 1. The summed E-state index contributed by atoms with van der Waals surface area (Å²) in [7, 11) is 0. The lowest BCUT2D eigenvalue weighted by Crippen LogP contribution is -2.44. The SMILES string of the molecule is O=C(c1cc2c(s1)CCC2)N1CC[C@H]2CCCC[C@H]2C1. The molecule has 1 saturated carbocycles. The molecule has 0 radical (unpaired) electrons.